The van der Waals surface area contributed by atoms with Gasteiger partial charge >= 0.3 is 0 Å². The second-order valence-electron chi connectivity index (χ2n) is 7.80. The first-order chi connectivity index (χ1) is 16.5. The Bertz CT molecular complexity index is 1280. The zero-order valence-corrected chi connectivity index (χ0v) is 19.0. The van der Waals surface area contributed by atoms with Crippen molar-refractivity contribution in [1.82, 2.24) is 20.1 Å². The van der Waals surface area contributed by atoms with Crippen molar-refractivity contribution in [3.8, 4) is 34.3 Å². The Kier molecular flexibility index (Phi) is 6.77. The Labute approximate surface area is 197 Å². The van der Waals surface area contributed by atoms with Gasteiger partial charge in [0.2, 0.25) is 5.82 Å². The summed E-state index contributed by atoms with van der Waals surface area (Å²) >= 11 is 0. The van der Waals surface area contributed by atoms with Gasteiger partial charge < -0.3 is 20.3 Å². The van der Waals surface area contributed by atoms with Gasteiger partial charge in [-0.25, -0.2) is 0 Å². The van der Waals surface area contributed by atoms with Crippen LogP contribution in [0.3, 0.4) is 0 Å². The number of phenolic OH excluding ortho intramolecular Hbond substituents is 2. The van der Waals surface area contributed by atoms with Crippen LogP contribution in [0.5, 0.6) is 17.2 Å². The monoisotopic (exact) mass is 458 g/mol. The maximum atomic E-state index is 12.5. The molecule has 34 heavy (non-hydrogen) atoms. The van der Waals surface area contributed by atoms with E-state index in [1.165, 1.54) is 18.7 Å². The van der Waals surface area contributed by atoms with E-state index < -0.39 is 5.91 Å². The molecule has 8 nitrogen and oxygen atoms in total. The molecule has 1 amide bonds. The highest BCUT2D eigenvalue weighted by Crippen LogP contribution is 2.36. The molecule has 0 aliphatic rings. The van der Waals surface area contributed by atoms with E-state index in [4.69, 9.17) is 4.74 Å². The molecule has 0 saturated carbocycles. The zero-order valence-electron chi connectivity index (χ0n) is 19.0. The predicted molar refractivity (Wildman–Crippen MR) is 129 cm³/mol. The Balaban J connectivity index is 1.72. The van der Waals surface area contributed by atoms with Gasteiger partial charge in [-0.2, -0.15) is 0 Å². The van der Waals surface area contributed by atoms with Crippen molar-refractivity contribution in [1.29, 1.82) is 0 Å². The van der Waals surface area contributed by atoms with Crippen molar-refractivity contribution in [3.05, 3.63) is 83.7 Å². The number of benzene rings is 3. The lowest BCUT2D eigenvalue weighted by Crippen LogP contribution is -2.22. The molecule has 0 saturated heterocycles. The molecule has 0 bridgehead atoms. The molecule has 0 fully saturated rings. The van der Waals surface area contributed by atoms with Crippen LogP contribution in [0, 0.1) is 0 Å². The number of hydrogen-bond donors (Lipinski definition) is 3. The van der Waals surface area contributed by atoms with Crippen molar-refractivity contribution in [3.63, 3.8) is 0 Å². The van der Waals surface area contributed by atoms with E-state index in [0.717, 1.165) is 12.8 Å². The molecule has 1 heterocycles. The van der Waals surface area contributed by atoms with E-state index in [9.17, 15) is 15.0 Å². The summed E-state index contributed by atoms with van der Waals surface area (Å²) in [5.41, 5.74) is 2.88. The second-order valence-corrected chi connectivity index (χ2v) is 7.80. The number of hydrogen-bond acceptors (Lipinski definition) is 6. The fraction of sp³-hybridized carbons (Fsp3) is 0.192. The lowest BCUT2D eigenvalue weighted by Gasteiger charge is -2.13. The first-order valence-electron chi connectivity index (χ1n) is 10.9. The van der Waals surface area contributed by atoms with Crippen molar-refractivity contribution >= 4 is 5.91 Å². The van der Waals surface area contributed by atoms with Crippen LogP contribution in [0.15, 0.2) is 66.7 Å². The zero-order chi connectivity index (χ0) is 24.1. The van der Waals surface area contributed by atoms with Crippen LogP contribution in [-0.2, 0) is 12.8 Å². The number of carbonyl (C=O) groups excluding carboxylic acids is 1. The van der Waals surface area contributed by atoms with Gasteiger partial charge in [-0.15, -0.1) is 10.2 Å². The number of carbonyl (C=O) groups is 1. The normalized spacial score (nSPS) is 10.8. The summed E-state index contributed by atoms with van der Waals surface area (Å²) in [6.07, 6.45) is 2.28. The summed E-state index contributed by atoms with van der Waals surface area (Å²) in [4.78, 5) is 12.5. The smallest absolute Gasteiger partial charge is 0.289 e. The van der Waals surface area contributed by atoms with Crippen LogP contribution in [0.2, 0.25) is 0 Å². The average Bonchev–Trinajstić information content (AvgIpc) is 3.30. The Morgan fingerprint density at radius 1 is 0.971 bits per heavy atom. The number of aryl methyl sites for hydroxylation is 2. The van der Waals surface area contributed by atoms with Crippen LogP contribution >= 0.6 is 0 Å². The van der Waals surface area contributed by atoms with Crippen molar-refractivity contribution in [2.75, 3.05) is 14.2 Å². The van der Waals surface area contributed by atoms with E-state index in [1.807, 2.05) is 18.2 Å². The lowest BCUT2D eigenvalue weighted by molar-refractivity contribution is 0.0951. The minimum Gasteiger partial charge on any atom is -0.508 e. The fourth-order valence-corrected chi connectivity index (χ4v) is 3.82. The number of nitrogens with zero attached hydrogens (tertiary/aromatic N) is 3. The molecule has 4 aromatic rings. The van der Waals surface area contributed by atoms with Crippen molar-refractivity contribution in [2.45, 2.75) is 19.3 Å². The first kappa shape index (κ1) is 22.8. The summed E-state index contributed by atoms with van der Waals surface area (Å²) < 4.78 is 6.80. The van der Waals surface area contributed by atoms with Crippen LogP contribution in [-0.4, -0.2) is 45.0 Å². The molecular formula is C26H26N4O4. The molecule has 1 aromatic heterocycles. The van der Waals surface area contributed by atoms with E-state index in [0.29, 0.717) is 29.0 Å². The van der Waals surface area contributed by atoms with Crippen molar-refractivity contribution < 1.29 is 19.7 Å². The SMILES string of the molecule is CNC(=O)c1nnc(-c2cc(CCCc3ccccc3)c(O)cc2O)n1-c1ccc(OC)cc1. The molecule has 0 spiro atoms. The Hall–Kier alpha value is -4.33. The maximum Gasteiger partial charge on any atom is 0.289 e. The third-order valence-corrected chi connectivity index (χ3v) is 5.62. The van der Waals surface area contributed by atoms with Gasteiger partial charge in [0.25, 0.3) is 5.91 Å². The van der Waals surface area contributed by atoms with Crippen LogP contribution in [0.4, 0.5) is 0 Å². The standard InChI is InChI=1S/C26H26N4O4/c1-27-26(33)25-29-28-24(30(25)19-11-13-20(34-2)14-12-19)21-15-18(22(31)16-23(21)32)10-6-9-17-7-4-3-5-8-17/h3-5,7-8,11-16,31-32H,6,9-10H2,1-2H3,(H,27,33). The summed E-state index contributed by atoms with van der Waals surface area (Å²) in [5, 5.41) is 32.0. The minimum absolute atomic E-state index is 0.0105. The van der Waals surface area contributed by atoms with E-state index in [1.54, 1.807) is 42.0 Å². The van der Waals surface area contributed by atoms with Gasteiger partial charge in [-0.1, -0.05) is 30.3 Å². The number of methoxy groups -OCH3 is 1. The number of ether oxygens (including phenoxy) is 1. The molecule has 0 unspecified atom stereocenters. The summed E-state index contributed by atoms with van der Waals surface area (Å²) in [5.74, 6) is 0.446. The van der Waals surface area contributed by atoms with E-state index >= 15 is 0 Å². The lowest BCUT2D eigenvalue weighted by atomic mass is 10.0. The highest BCUT2D eigenvalue weighted by Gasteiger charge is 2.23. The fourth-order valence-electron chi connectivity index (χ4n) is 3.82. The molecule has 0 atom stereocenters. The van der Waals surface area contributed by atoms with Gasteiger partial charge in [0, 0.05) is 18.8 Å². The highest BCUT2D eigenvalue weighted by atomic mass is 16.5. The van der Waals surface area contributed by atoms with Crippen LogP contribution in [0.1, 0.15) is 28.2 Å². The molecule has 0 aliphatic heterocycles. The number of rotatable bonds is 8. The number of aromatic nitrogens is 3. The molecule has 0 aliphatic carbocycles. The van der Waals surface area contributed by atoms with Gasteiger partial charge in [0.15, 0.2) is 5.82 Å². The van der Waals surface area contributed by atoms with Gasteiger partial charge in [-0.3, -0.25) is 9.36 Å². The number of phenols is 2. The molecule has 4 rings (SSSR count). The minimum atomic E-state index is -0.420. The van der Waals surface area contributed by atoms with Gasteiger partial charge in [0.05, 0.1) is 12.7 Å². The molecule has 174 valence electrons. The second kappa shape index (κ2) is 10.1. The topological polar surface area (TPSA) is 110 Å². The third-order valence-electron chi connectivity index (χ3n) is 5.62. The summed E-state index contributed by atoms with van der Waals surface area (Å²) in [6, 6.07) is 20.2. The van der Waals surface area contributed by atoms with Crippen LogP contribution < -0.4 is 10.1 Å². The Morgan fingerprint density at radius 3 is 2.38 bits per heavy atom. The largest absolute Gasteiger partial charge is 0.508 e. The maximum absolute atomic E-state index is 12.5. The quantitative estimate of drug-likeness (QED) is 0.370. The molecule has 0 radical (unpaired) electrons. The first-order valence-corrected chi connectivity index (χ1v) is 10.9. The average molecular weight is 459 g/mol. The number of aromatic hydroxyl groups is 2. The highest BCUT2D eigenvalue weighted by molar-refractivity contribution is 5.92. The third kappa shape index (κ3) is 4.71. The van der Waals surface area contributed by atoms with Crippen molar-refractivity contribution in [2.24, 2.45) is 0 Å². The molecule has 8 heteroatoms. The Morgan fingerprint density at radius 2 is 1.71 bits per heavy atom. The number of nitrogens with one attached hydrogen (secondary N) is 1. The van der Waals surface area contributed by atoms with E-state index in [-0.39, 0.29) is 23.1 Å². The molecule has 3 N–H and O–H groups in total. The molecule has 3 aromatic carbocycles. The van der Waals surface area contributed by atoms with Gasteiger partial charge in [-0.05, 0) is 60.7 Å². The predicted octanol–water partition coefficient (Wildman–Crippen LogP) is 3.89. The molecular weight excluding hydrogens is 432 g/mol. The van der Waals surface area contributed by atoms with Crippen LogP contribution in [0.25, 0.3) is 17.1 Å². The number of amides is 1. The van der Waals surface area contributed by atoms with Gasteiger partial charge in [0.1, 0.15) is 17.2 Å². The van der Waals surface area contributed by atoms with E-state index in [2.05, 4.69) is 27.6 Å². The summed E-state index contributed by atoms with van der Waals surface area (Å²) in [6.45, 7) is 0. The summed E-state index contributed by atoms with van der Waals surface area (Å²) in [7, 11) is 3.08.